The summed E-state index contributed by atoms with van der Waals surface area (Å²) in [5.74, 6) is 0. The molecule has 2 heteroatoms. The molecule has 0 N–H and O–H groups in total. The predicted molar refractivity (Wildman–Crippen MR) is 315 cm³/mol. The average molecular weight is 955 g/mol. The third-order valence-electron chi connectivity index (χ3n) is 15.5. The molecule has 0 spiro atoms. The highest BCUT2D eigenvalue weighted by molar-refractivity contribution is 6.10. The maximum absolute atomic E-state index is 2.47. The number of rotatable bonds is 10. The van der Waals surface area contributed by atoms with Crippen molar-refractivity contribution in [2.24, 2.45) is 0 Å². The van der Waals surface area contributed by atoms with Crippen molar-refractivity contribution < 1.29 is 0 Å². The monoisotopic (exact) mass is 954 g/mol. The second-order valence-corrected chi connectivity index (χ2v) is 19.6. The van der Waals surface area contributed by atoms with E-state index < -0.39 is 5.41 Å². The van der Waals surface area contributed by atoms with Gasteiger partial charge in [0, 0.05) is 33.5 Å². The fourth-order valence-corrected chi connectivity index (χ4v) is 12.1. The van der Waals surface area contributed by atoms with Crippen LogP contribution < -0.4 is 4.90 Å². The van der Waals surface area contributed by atoms with Gasteiger partial charge in [-0.25, -0.2) is 0 Å². The van der Waals surface area contributed by atoms with E-state index in [9.17, 15) is 0 Å². The molecule has 1 heterocycles. The SMILES string of the molecule is c1ccc(-c2ccc(N(c3ccc(-c4ccc5c(c4)C(c4ccccc4)(c4ccccc4)c4cccc(-c6ccccc6)c4-5)cc3)c3ccc(-c4ccc5c(c4)c4ccccc4n5-c4ccccc4)cc3)cc2)cc1. The van der Waals surface area contributed by atoms with E-state index in [1.54, 1.807) is 0 Å². The third kappa shape index (κ3) is 7.41. The largest absolute Gasteiger partial charge is 0.311 e. The Balaban J connectivity index is 0.868. The Labute approximate surface area is 438 Å². The Morgan fingerprint density at radius 2 is 0.707 bits per heavy atom. The van der Waals surface area contributed by atoms with E-state index in [0.29, 0.717) is 0 Å². The standard InChI is InChI=1S/C73H50N2/c1-6-19-51(20-7-1)52-33-41-61(42-34-52)74(62-43-35-53(36-44-62)56-40-48-71-67(49-56)65-29-16-17-32-70(65)75(71)60-27-14-5-15-28-60)63-45-37-54(38-46-63)57-39-47-66-69(50-57)73(58-23-10-3-11-24-58,59-25-12-4-13-26-59)68-31-18-30-64(72(66)68)55-21-8-2-9-22-55/h1-50H. The van der Waals surface area contributed by atoms with Gasteiger partial charge in [0.15, 0.2) is 0 Å². The first-order chi connectivity index (χ1) is 37.2. The molecule has 0 fully saturated rings. The zero-order valence-electron chi connectivity index (χ0n) is 41.3. The van der Waals surface area contributed by atoms with Crippen LogP contribution in [0.4, 0.5) is 17.1 Å². The predicted octanol–water partition coefficient (Wildman–Crippen LogP) is 19.3. The highest BCUT2D eigenvalue weighted by Gasteiger charge is 2.47. The van der Waals surface area contributed by atoms with Crippen molar-refractivity contribution in [3.05, 3.63) is 326 Å². The summed E-state index contributed by atoms with van der Waals surface area (Å²) in [6.07, 6.45) is 0. The quantitative estimate of drug-likeness (QED) is 0.133. The van der Waals surface area contributed by atoms with Gasteiger partial charge in [-0.05, 0) is 151 Å². The van der Waals surface area contributed by atoms with Crippen LogP contribution in [-0.2, 0) is 5.41 Å². The lowest BCUT2D eigenvalue weighted by molar-refractivity contribution is 0.769. The van der Waals surface area contributed by atoms with Crippen molar-refractivity contribution in [1.82, 2.24) is 4.57 Å². The summed E-state index contributed by atoms with van der Waals surface area (Å²) in [6.45, 7) is 0. The summed E-state index contributed by atoms with van der Waals surface area (Å²) in [4.78, 5) is 2.37. The Bertz CT molecular complexity index is 4130. The van der Waals surface area contributed by atoms with Gasteiger partial charge in [0.05, 0.1) is 16.4 Å². The summed E-state index contributed by atoms with van der Waals surface area (Å²) in [5, 5.41) is 2.49. The van der Waals surface area contributed by atoms with Crippen molar-refractivity contribution in [2.75, 3.05) is 4.90 Å². The first-order valence-corrected chi connectivity index (χ1v) is 25.9. The summed E-state index contributed by atoms with van der Waals surface area (Å²) in [6, 6.07) is 111. The van der Waals surface area contributed by atoms with E-state index in [0.717, 1.165) is 28.3 Å². The van der Waals surface area contributed by atoms with E-state index in [-0.39, 0.29) is 0 Å². The number of hydrogen-bond donors (Lipinski definition) is 0. The Hall–Kier alpha value is -9.76. The molecule has 0 aliphatic heterocycles. The average Bonchev–Trinajstić information content (AvgIpc) is 4.01. The van der Waals surface area contributed by atoms with Gasteiger partial charge in [-0.2, -0.15) is 0 Å². The molecule has 0 atom stereocenters. The van der Waals surface area contributed by atoms with Crippen LogP contribution in [-0.4, -0.2) is 4.57 Å². The highest BCUT2D eigenvalue weighted by atomic mass is 15.1. The van der Waals surface area contributed by atoms with Crippen molar-refractivity contribution in [2.45, 2.75) is 5.41 Å². The molecule has 0 radical (unpaired) electrons. The van der Waals surface area contributed by atoms with Crippen molar-refractivity contribution in [3.63, 3.8) is 0 Å². The highest BCUT2D eigenvalue weighted by Crippen LogP contribution is 2.59. The first kappa shape index (κ1) is 44.0. The van der Waals surface area contributed by atoms with E-state index in [4.69, 9.17) is 0 Å². The van der Waals surface area contributed by atoms with Gasteiger partial charge >= 0.3 is 0 Å². The number of fused-ring (bicyclic) bond motifs is 6. The molecule has 0 unspecified atom stereocenters. The van der Waals surface area contributed by atoms with Gasteiger partial charge in [0.2, 0.25) is 0 Å². The van der Waals surface area contributed by atoms with Crippen LogP contribution in [0.5, 0.6) is 0 Å². The van der Waals surface area contributed by atoms with E-state index in [1.807, 2.05) is 0 Å². The van der Waals surface area contributed by atoms with Crippen LogP contribution in [0.25, 0.3) is 83.1 Å². The molecule has 1 aliphatic carbocycles. The van der Waals surface area contributed by atoms with Gasteiger partial charge in [-0.3, -0.25) is 0 Å². The lowest BCUT2D eigenvalue weighted by atomic mass is 9.67. The smallest absolute Gasteiger partial charge is 0.0714 e. The second kappa shape index (κ2) is 18.4. The molecule has 0 bridgehead atoms. The van der Waals surface area contributed by atoms with Crippen LogP contribution in [0, 0.1) is 0 Å². The number of anilines is 3. The maximum Gasteiger partial charge on any atom is 0.0714 e. The molecule has 0 saturated heterocycles. The van der Waals surface area contributed by atoms with Gasteiger partial charge in [0.25, 0.3) is 0 Å². The number of benzene rings is 12. The zero-order chi connectivity index (χ0) is 49.7. The molecule has 12 aromatic carbocycles. The number of aromatic nitrogens is 1. The molecule has 0 amide bonds. The number of nitrogens with zero attached hydrogens (tertiary/aromatic N) is 2. The molecule has 0 saturated carbocycles. The minimum absolute atomic E-state index is 0.532. The third-order valence-corrected chi connectivity index (χ3v) is 15.5. The summed E-state index contributed by atoms with van der Waals surface area (Å²) in [5.41, 5.74) is 23.5. The van der Waals surface area contributed by atoms with Gasteiger partial charge in [-0.1, -0.05) is 231 Å². The Kier molecular flexibility index (Phi) is 10.8. The minimum Gasteiger partial charge on any atom is -0.311 e. The lowest BCUT2D eigenvalue weighted by Crippen LogP contribution is -2.28. The van der Waals surface area contributed by atoms with Crippen LogP contribution in [0.15, 0.2) is 303 Å². The molecule has 352 valence electrons. The molecule has 2 nitrogen and oxygen atoms in total. The molecule has 1 aromatic heterocycles. The van der Waals surface area contributed by atoms with E-state index in [1.165, 1.54) is 94.1 Å². The minimum atomic E-state index is -0.532. The van der Waals surface area contributed by atoms with Crippen molar-refractivity contribution in [1.29, 1.82) is 0 Å². The number of hydrogen-bond acceptors (Lipinski definition) is 1. The van der Waals surface area contributed by atoms with Gasteiger partial charge < -0.3 is 9.47 Å². The fourth-order valence-electron chi connectivity index (χ4n) is 12.1. The number of para-hydroxylation sites is 2. The second-order valence-electron chi connectivity index (χ2n) is 19.6. The van der Waals surface area contributed by atoms with Crippen LogP contribution in [0.1, 0.15) is 22.3 Å². The summed E-state index contributed by atoms with van der Waals surface area (Å²) >= 11 is 0. The normalized spacial score (nSPS) is 12.4. The maximum atomic E-state index is 2.47. The topological polar surface area (TPSA) is 8.17 Å². The van der Waals surface area contributed by atoms with Gasteiger partial charge in [0.1, 0.15) is 0 Å². The van der Waals surface area contributed by atoms with Crippen LogP contribution in [0.3, 0.4) is 0 Å². The lowest BCUT2D eigenvalue weighted by Gasteiger charge is -2.34. The van der Waals surface area contributed by atoms with Crippen LogP contribution in [0.2, 0.25) is 0 Å². The molecule has 75 heavy (non-hydrogen) atoms. The first-order valence-electron chi connectivity index (χ1n) is 25.9. The van der Waals surface area contributed by atoms with E-state index in [2.05, 4.69) is 313 Å². The molecule has 14 rings (SSSR count). The summed E-state index contributed by atoms with van der Waals surface area (Å²) in [7, 11) is 0. The van der Waals surface area contributed by atoms with Gasteiger partial charge in [-0.15, -0.1) is 0 Å². The molecular weight excluding hydrogens is 905 g/mol. The van der Waals surface area contributed by atoms with E-state index >= 15 is 0 Å². The Morgan fingerprint density at radius 3 is 1.29 bits per heavy atom. The zero-order valence-corrected chi connectivity index (χ0v) is 41.3. The molecule has 1 aliphatic rings. The summed E-state index contributed by atoms with van der Waals surface area (Å²) < 4.78 is 2.37. The van der Waals surface area contributed by atoms with Crippen molar-refractivity contribution >= 4 is 38.9 Å². The van der Waals surface area contributed by atoms with Crippen molar-refractivity contribution in [3.8, 4) is 61.3 Å². The van der Waals surface area contributed by atoms with Crippen LogP contribution >= 0.6 is 0 Å². The molecule has 13 aromatic rings. The fraction of sp³-hybridized carbons (Fsp3) is 0.0137. The molecular formula is C73H50N2. The Morgan fingerprint density at radius 1 is 0.267 bits per heavy atom.